The lowest BCUT2D eigenvalue weighted by atomic mass is 9.97. The van der Waals surface area contributed by atoms with E-state index < -0.39 is 6.04 Å². The fraction of sp³-hybridized carbons (Fsp3) is 0.343. The number of nitrogens with zero attached hydrogens (tertiary/aromatic N) is 3. The normalized spacial score (nSPS) is 11.9. The Kier molecular flexibility index (Phi) is 10.3. The standard InChI is InChI=1S/C35H42N4O3/c1-6-42-30-19-17-28(18-20-30)31-26(5)37-33(39(35(31)41)23-27-11-8-7-9-12-27)32(24(2)3)38(22-10-21-36)34(40)29-15-13-25(4)14-16-29/h7-9,11-20,24,32H,6,10,21-23,36H2,1-5H3. The van der Waals surface area contributed by atoms with Gasteiger partial charge < -0.3 is 15.4 Å². The number of ether oxygens (including phenoxy) is 1. The minimum absolute atomic E-state index is 0.0261. The third-order valence-corrected chi connectivity index (χ3v) is 7.41. The van der Waals surface area contributed by atoms with Crippen LogP contribution in [0.2, 0.25) is 0 Å². The molecule has 4 rings (SSSR count). The molecule has 4 aromatic rings. The van der Waals surface area contributed by atoms with E-state index in [0.717, 1.165) is 22.4 Å². The molecule has 0 spiro atoms. The maximum atomic E-state index is 14.4. The van der Waals surface area contributed by atoms with Gasteiger partial charge in [-0.3, -0.25) is 14.2 Å². The van der Waals surface area contributed by atoms with Crippen molar-refractivity contribution in [3.05, 3.63) is 117 Å². The van der Waals surface area contributed by atoms with Crippen LogP contribution in [0.4, 0.5) is 0 Å². The van der Waals surface area contributed by atoms with Crippen molar-refractivity contribution in [3.63, 3.8) is 0 Å². The number of amides is 1. The van der Waals surface area contributed by atoms with Crippen molar-refractivity contribution in [2.45, 2.75) is 53.6 Å². The molecular formula is C35H42N4O3. The van der Waals surface area contributed by atoms with E-state index in [9.17, 15) is 9.59 Å². The van der Waals surface area contributed by atoms with E-state index in [1.807, 2.05) is 105 Å². The molecule has 1 atom stereocenters. The Morgan fingerprint density at radius 3 is 2.24 bits per heavy atom. The number of carbonyl (C=O) groups excluding carboxylic acids is 1. The molecule has 7 nitrogen and oxygen atoms in total. The topological polar surface area (TPSA) is 90.4 Å². The summed E-state index contributed by atoms with van der Waals surface area (Å²) in [5, 5.41) is 0. The first-order chi connectivity index (χ1) is 20.2. The van der Waals surface area contributed by atoms with Gasteiger partial charge in [0.25, 0.3) is 11.5 Å². The second-order valence-electron chi connectivity index (χ2n) is 11.0. The first kappa shape index (κ1) is 30.7. The highest BCUT2D eigenvalue weighted by Crippen LogP contribution is 2.31. The number of hydrogen-bond acceptors (Lipinski definition) is 5. The zero-order chi connectivity index (χ0) is 30.2. The fourth-order valence-electron chi connectivity index (χ4n) is 5.33. The monoisotopic (exact) mass is 566 g/mol. The molecule has 0 fully saturated rings. The fourth-order valence-corrected chi connectivity index (χ4v) is 5.33. The molecule has 0 aliphatic heterocycles. The van der Waals surface area contributed by atoms with E-state index in [0.29, 0.717) is 55.3 Å². The highest BCUT2D eigenvalue weighted by molar-refractivity contribution is 5.94. The molecule has 220 valence electrons. The van der Waals surface area contributed by atoms with Crippen LogP contribution in [0.15, 0.2) is 83.7 Å². The van der Waals surface area contributed by atoms with Crippen molar-refractivity contribution < 1.29 is 9.53 Å². The van der Waals surface area contributed by atoms with Gasteiger partial charge in [0, 0.05) is 12.1 Å². The number of hydrogen-bond donors (Lipinski definition) is 1. The van der Waals surface area contributed by atoms with Crippen molar-refractivity contribution in [3.8, 4) is 16.9 Å². The Morgan fingerprint density at radius 1 is 0.976 bits per heavy atom. The smallest absolute Gasteiger partial charge is 0.262 e. The third kappa shape index (κ3) is 6.97. The lowest BCUT2D eigenvalue weighted by molar-refractivity contribution is 0.0602. The summed E-state index contributed by atoms with van der Waals surface area (Å²) >= 11 is 0. The quantitative estimate of drug-likeness (QED) is 0.222. The molecule has 1 amide bonds. The van der Waals surface area contributed by atoms with Crippen LogP contribution in [0.3, 0.4) is 0 Å². The molecule has 0 saturated carbocycles. The highest BCUT2D eigenvalue weighted by atomic mass is 16.5. The van der Waals surface area contributed by atoms with Crippen LogP contribution in [0.5, 0.6) is 5.75 Å². The molecule has 7 heteroatoms. The summed E-state index contributed by atoms with van der Waals surface area (Å²) in [5.74, 6) is 1.19. The van der Waals surface area contributed by atoms with Gasteiger partial charge in [0.2, 0.25) is 0 Å². The maximum absolute atomic E-state index is 14.4. The first-order valence-electron chi connectivity index (χ1n) is 14.7. The largest absolute Gasteiger partial charge is 0.494 e. The average molecular weight is 567 g/mol. The summed E-state index contributed by atoms with van der Waals surface area (Å²) in [7, 11) is 0. The molecule has 0 aliphatic carbocycles. The number of carbonyl (C=O) groups is 1. The molecule has 0 saturated heterocycles. The lowest BCUT2D eigenvalue weighted by Gasteiger charge is -2.36. The van der Waals surface area contributed by atoms with Crippen LogP contribution in [0.1, 0.15) is 66.2 Å². The van der Waals surface area contributed by atoms with Gasteiger partial charge in [0.15, 0.2) is 0 Å². The minimum Gasteiger partial charge on any atom is -0.494 e. The lowest BCUT2D eigenvalue weighted by Crippen LogP contribution is -2.42. The van der Waals surface area contributed by atoms with Gasteiger partial charge in [-0.05, 0) is 75.0 Å². The van der Waals surface area contributed by atoms with Gasteiger partial charge >= 0.3 is 0 Å². The zero-order valence-corrected chi connectivity index (χ0v) is 25.3. The third-order valence-electron chi connectivity index (χ3n) is 7.41. The molecule has 3 aromatic carbocycles. The summed E-state index contributed by atoms with van der Waals surface area (Å²) in [5.41, 5.74) is 10.4. The van der Waals surface area contributed by atoms with Crippen LogP contribution in [-0.4, -0.2) is 40.1 Å². The zero-order valence-electron chi connectivity index (χ0n) is 25.3. The number of benzene rings is 3. The average Bonchev–Trinajstić information content (AvgIpc) is 2.98. The van der Waals surface area contributed by atoms with Crippen LogP contribution in [0, 0.1) is 19.8 Å². The molecule has 42 heavy (non-hydrogen) atoms. The van der Waals surface area contributed by atoms with E-state index in [2.05, 4.69) is 13.8 Å². The van der Waals surface area contributed by atoms with Crippen molar-refractivity contribution in [2.24, 2.45) is 11.7 Å². The second kappa shape index (κ2) is 14.1. The van der Waals surface area contributed by atoms with Crippen molar-refractivity contribution in [1.29, 1.82) is 0 Å². The van der Waals surface area contributed by atoms with E-state index in [1.54, 1.807) is 4.57 Å². The molecule has 1 unspecified atom stereocenters. The molecule has 0 aliphatic rings. The molecule has 1 aromatic heterocycles. The van der Waals surface area contributed by atoms with Crippen LogP contribution < -0.4 is 16.0 Å². The summed E-state index contributed by atoms with van der Waals surface area (Å²) in [6.45, 7) is 11.7. The van der Waals surface area contributed by atoms with Gasteiger partial charge in [-0.2, -0.15) is 0 Å². The van der Waals surface area contributed by atoms with Gasteiger partial charge in [0.1, 0.15) is 11.6 Å². The molecule has 0 radical (unpaired) electrons. The van der Waals surface area contributed by atoms with Crippen molar-refractivity contribution >= 4 is 5.91 Å². The van der Waals surface area contributed by atoms with Gasteiger partial charge in [-0.25, -0.2) is 4.98 Å². The van der Waals surface area contributed by atoms with Gasteiger partial charge in [0.05, 0.1) is 30.5 Å². The summed E-state index contributed by atoms with van der Waals surface area (Å²) < 4.78 is 7.36. The Balaban J connectivity index is 1.91. The summed E-state index contributed by atoms with van der Waals surface area (Å²) in [4.78, 5) is 35.4. The predicted octanol–water partition coefficient (Wildman–Crippen LogP) is 6.16. The van der Waals surface area contributed by atoms with Gasteiger partial charge in [-0.1, -0.05) is 74.0 Å². The summed E-state index contributed by atoms with van der Waals surface area (Å²) in [6.07, 6.45) is 0.632. The van der Waals surface area contributed by atoms with Crippen LogP contribution in [-0.2, 0) is 6.54 Å². The van der Waals surface area contributed by atoms with Crippen molar-refractivity contribution in [2.75, 3.05) is 19.7 Å². The predicted molar refractivity (Wildman–Crippen MR) is 169 cm³/mol. The number of aryl methyl sites for hydroxylation is 2. The van der Waals surface area contributed by atoms with E-state index in [-0.39, 0.29) is 17.4 Å². The molecule has 2 N–H and O–H groups in total. The van der Waals surface area contributed by atoms with Crippen LogP contribution in [0.25, 0.3) is 11.1 Å². The maximum Gasteiger partial charge on any atom is 0.262 e. The van der Waals surface area contributed by atoms with E-state index in [4.69, 9.17) is 15.5 Å². The number of nitrogens with two attached hydrogens (primary N) is 1. The van der Waals surface area contributed by atoms with Gasteiger partial charge in [-0.15, -0.1) is 0 Å². The molecular weight excluding hydrogens is 524 g/mol. The summed E-state index contributed by atoms with van der Waals surface area (Å²) in [6, 6.07) is 24.6. The molecule has 0 bridgehead atoms. The SMILES string of the molecule is CCOc1ccc(-c2c(C)nc(C(C(C)C)N(CCCN)C(=O)c3ccc(C)cc3)n(Cc3ccccc3)c2=O)cc1. The van der Waals surface area contributed by atoms with E-state index >= 15 is 0 Å². The Bertz CT molecular complexity index is 1530. The van der Waals surface area contributed by atoms with Crippen LogP contribution >= 0.6 is 0 Å². The Morgan fingerprint density at radius 2 is 1.64 bits per heavy atom. The van der Waals surface area contributed by atoms with E-state index in [1.165, 1.54) is 0 Å². The Hall–Kier alpha value is -4.23. The number of aromatic nitrogens is 2. The molecule has 1 heterocycles. The second-order valence-corrected chi connectivity index (χ2v) is 11.0. The Labute approximate surface area is 249 Å². The minimum atomic E-state index is -0.449. The van der Waals surface area contributed by atoms with Crippen molar-refractivity contribution in [1.82, 2.24) is 14.5 Å². The number of rotatable bonds is 12. The first-order valence-corrected chi connectivity index (χ1v) is 14.7. The highest BCUT2D eigenvalue weighted by Gasteiger charge is 2.33.